The van der Waals surface area contributed by atoms with Gasteiger partial charge >= 0.3 is 17.9 Å². The molecular weight excluding hydrogens is 421 g/mol. The number of imidazole rings is 1. The maximum atomic E-state index is 12.8. The number of aromatic amines is 1. The van der Waals surface area contributed by atoms with Crippen LogP contribution in [0.15, 0.2) is 53.3 Å². The highest BCUT2D eigenvalue weighted by Crippen LogP contribution is 2.29. The zero-order valence-corrected chi connectivity index (χ0v) is 17.1. The van der Waals surface area contributed by atoms with Gasteiger partial charge in [0.15, 0.2) is 0 Å². The van der Waals surface area contributed by atoms with Crippen molar-refractivity contribution in [2.24, 2.45) is 0 Å². The zero-order chi connectivity index (χ0) is 22.7. The number of H-pyrrole nitrogens is 1. The molecule has 1 aliphatic heterocycles. The van der Waals surface area contributed by atoms with Gasteiger partial charge in [0.2, 0.25) is 0 Å². The number of para-hydroxylation sites is 2. The minimum Gasteiger partial charge on any atom is -0.327 e. The van der Waals surface area contributed by atoms with E-state index < -0.39 is 11.7 Å². The van der Waals surface area contributed by atoms with E-state index in [9.17, 15) is 22.8 Å². The number of urea groups is 1. The molecule has 2 N–H and O–H groups in total. The van der Waals surface area contributed by atoms with E-state index in [2.05, 4.69) is 22.1 Å². The number of halogens is 3. The third kappa shape index (κ3) is 4.64. The summed E-state index contributed by atoms with van der Waals surface area (Å²) in [7, 11) is 0. The third-order valence-corrected chi connectivity index (χ3v) is 5.49. The van der Waals surface area contributed by atoms with Crippen molar-refractivity contribution in [3.05, 3.63) is 70.1 Å². The van der Waals surface area contributed by atoms with E-state index >= 15 is 0 Å². The van der Waals surface area contributed by atoms with Crippen LogP contribution >= 0.6 is 0 Å². The summed E-state index contributed by atoms with van der Waals surface area (Å²) in [4.78, 5) is 29.3. The molecule has 0 radical (unpaired) electrons. The number of piperidine rings is 1. The van der Waals surface area contributed by atoms with Crippen molar-refractivity contribution in [2.45, 2.75) is 25.1 Å². The van der Waals surface area contributed by atoms with Crippen LogP contribution in [0.4, 0.5) is 18.0 Å². The van der Waals surface area contributed by atoms with Crippen LogP contribution in [-0.4, -0.2) is 40.1 Å². The van der Waals surface area contributed by atoms with E-state index in [1.54, 1.807) is 9.47 Å². The molecule has 32 heavy (non-hydrogen) atoms. The lowest BCUT2D eigenvalue weighted by Gasteiger charge is -2.32. The number of hydrogen-bond acceptors (Lipinski definition) is 2. The van der Waals surface area contributed by atoms with Crippen molar-refractivity contribution in [1.82, 2.24) is 19.8 Å². The Labute approximate surface area is 182 Å². The fraction of sp³-hybridized carbons (Fsp3) is 0.304. The zero-order valence-electron chi connectivity index (χ0n) is 17.1. The Hall–Kier alpha value is -3.67. The molecule has 0 aliphatic carbocycles. The highest BCUT2D eigenvalue weighted by molar-refractivity contribution is 5.75. The van der Waals surface area contributed by atoms with E-state index in [0.29, 0.717) is 25.9 Å². The number of nitrogens with zero attached hydrogens (tertiary/aromatic N) is 2. The lowest BCUT2D eigenvalue weighted by molar-refractivity contribution is -0.137. The normalized spacial score (nSPS) is 14.8. The second-order valence-electron chi connectivity index (χ2n) is 7.57. The Morgan fingerprint density at radius 1 is 1.12 bits per heavy atom. The molecule has 1 aromatic heterocycles. The van der Waals surface area contributed by atoms with Gasteiger partial charge in [-0.25, -0.2) is 9.59 Å². The van der Waals surface area contributed by atoms with E-state index in [-0.39, 0.29) is 29.9 Å². The molecule has 0 unspecified atom stereocenters. The van der Waals surface area contributed by atoms with Gasteiger partial charge in [-0.05, 0) is 43.2 Å². The molecular formula is C23H21F3N4O2. The molecule has 0 spiro atoms. The van der Waals surface area contributed by atoms with Crippen LogP contribution in [0.2, 0.25) is 0 Å². The number of carbonyl (C=O) groups is 1. The number of rotatable bonds is 2. The number of likely N-dealkylation sites (tertiary alicyclic amines) is 1. The number of fused-ring (bicyclic) bond motifs is 1. The number of nitrogens with one attached hydrogen (secondary N) is 2. The summed E-state index contributed by atoms with van der Waals surface area (Å²) < 4.78 is 40.0. The molecule has 1 saturated heterocycles. The van der Waals surface area contributed by atoms with E-state index in [1.165, 1.54) is 12.1 Å². The molecule has 4 rings (SSSR count). The molecule has 0 saturated carbocycles. The first kappa shape index (κ1) is 21.6. The first-order chi connectivity index (χ1) is 15.3. The van der Waals surface area contributed by atoms with Gasteiger partial charge in [-0.1, -0.05) is 30.0 Å². The monoisotopic (exact) mass is 442 g/mol. The van der Waals surface area contributed by atoms with Crippen molar-refractivity contribution in [2.75, 3.05) is 19.6 Å². The minimum atomic E-state index is -4.42. The predicted octanol–water partition coefficient (Wildman–Crippen LogP) is 3.75. The Morgan fingerprint density at radius 2 is 1.88 bits per heavy atom. The average Bonchev–Trinajstić information content (AvgIpc) is 3.12. The van der Waals surface area contributed by atoms with Crippen molar-refractivity contribution < 1.29 is 18.0 Å². The van der Waals surface area contributed by atoms with Gasteiger partial charge in [-0.15, -0.1) is 0 Å². The lowest BCUT2D eigenvalue weighted by Crippen LogP contribution is -2.45. The summed E-state index contributed by atoms with van der Waals surface area (Å²) >= 11 is 0. The van der Waals surface area contributed by atoms with Crippen LogP contribution in [0.25, 0.3) is 11.0 Å². The molecule has 1 aliphatic rings. The van der Waals surface area contributed by atoms with Gasteiger partial charge in [0, 0.05) is 24.7 Å². The van der Waals surface area contributed by atoms with Crippen LogP contribution in [0.3, 0.4) is 0 Å². The summed E-state index contributed by atoms with van der Waals surface area (Å²) in [6, 6.07) is 12.0. The first-order valence-corrected chi connectivity index (χ1v) is 10.2. The van der Waals surface area contributed by atoms with E-state index in [4.69, 9.17) is 0 Å². The Bertz CT molecular complexity index is 1240. The fourth-order valence-electron chi connectivity index (χ4n) is 3.92. The summed E-state index contributed by atoms with van der Waals surface area (Å²) in [5, 5.41) is 2.67. The number of hydrogen-bond donors (Lipinski definition) is 2. The standard InChI is InChI=1S/C23H21F3N4O2/c24-23(25,26)17-7-3-5-16(15-17)6-4-12-27-21(31)29-13-10-18(11-14-29)30-20-9-2-1-8-19(20)28-22(30)32/h1-3,5,7-9,15,18H,10-14H2,(H,27,31)(H,28,32). The van der Waals surface area contributed by atoms with E-state index in [1.807, 2.05) is 24.3 Å². The maximum absolute atomic E-state index is 12.8. The number of aromatic nitrogens is 2. The largest absolute Gasteiger partial charge is 0.416 e. The van der Waals surface area contributed by atoms with Crippen LogP contribution in [0, 0.1) is 11.8 Å². The molecule has 2 amide bonds. The van der Waals surface area contributed by atoms with Crippen LogP contribution < -0.4 is 11.0 Å². The topological polar surface area (TPSA) is 70.1 Å². The summed E-state index contributed by atoms with van der Waals surface area (Å²) in [6.45, 7) is 1.00. The summed E-state index contributed by atoms with van der Waals surface area (Å²) in [6.07, 6.45) is -3.13. The Balaban J connectivity index is 1.31. The molecule has 2 aromatic carbocycles. The minimum absolute atomic E-state index is 0.00315. The van der Waals surface area contributed by atoms with Gasteiger partial charge in [0.05, 0.1) is 23.1 Å². The van der Waals surface area contributed by atoms with Crippen molar-refractivity contribution in [1.29, 1.82) is 0 Å². The second-order valence-corrected chi connectivity index (χ2v) is 7.57. The Morgan fingerprint density at radius 3 is 2.62 bits per heavy atom. The highest BCUT2D eigenvalue weighted by atomic mass is 19.4. The van der Waals surface area contributed by atoms with Crippen LogP contribution in [-0.2, 0) is 6.18 Å². The number of carbonyl (C=O) groups excluding carboxylic acids is 1. The first-order valence-electron chi connectivity index (χ1n) is 10.2. The third-order valence-electron chi connectivity index (χ3n) is 5.49. The lowest BCUT2D eigenvalue weighted by atomic mass is 10.0. The van der Waals surface area contributed by atoms with Gasteiger partial charge < -0.3 is 15.2 Å². The fourth-order valence-corrected chi connectivity index (χ4v) is 3.92. The SMILES string of the molecule is O=C(NCC#Cc1cccc(C(F)(F)F)c1)N1CCC(n2c(=O)[nH]c3ccccc32)CC1. The number of amides is 2. The molecule has 0 atom stereocenters. The van der Waals surface area contributed by atoms with Crippen LogP contribution in [0.1, 0.15) is 30.0 Å². The molecule has 166 valence electrons. The van der Waals surface area contributed by atoms with Crippen molar-refractivity contribution in [3.63, 3.8) is 0 Å². The molecule has 6 nitrogen and oxygen atoms in total. The van der Waals surface area contributed by atoms with Crippen molar-refractivity contribution in [3.8, 4) is 11.8 Å². The highest BCUT2D eigenvalue weighted by Gasteiger charge is 2.30. The smallest absolute Gasteiger partial charge is 0.327 e. The quantitative estimate of drug-likeness (QED) is 0.594. The number of alkyl halides is 3. The van der Waals surface area contributed by atoms with Crippen molar-refractivity contribution >= 4 is 17.1 Å². The molecule has 2 heterocycles. The van der Waals surface area contributed by atoms with Gasteiger partial charge in [0.25, 0.3) is 0 Å². The molecule has 3 aromatic rings. The molecule has 0 bridgehead atoms. The van der Waals surface area contributed by atoms with E-state index in [0.717, 1.165) is 23.2 Å². The predicted molar refractivity (Wildman–Crippen MR) is 114 cm³/mol. The van der Waals surface area contributed by atoms with Gasteiger partial charge in [-0.3, -0.25) is 4.57 Å². The molecule has 9 heteroatoms. The summed E-state index contributed by atoms with van der Waals surface area (Å²) in [5.74, 6) is 5.32. The number of benzene rings is 2. The Kier molecular flexibility index (Phi) is 5.95. The summed E-state index contributed by atoms with van der Waals surface area (Å²) in [5.41, 5.74) is 0.964. The molecule has 1 fully saturated rings. The maximum Gasteiger partial charge on any atom is 0.416 e. The average molecular weight is 442 g/mol. The van der Waals surface area contributed by atoms with Gasteiger partial charge in [-0.2, -0.15) is 13.2 Å². The second kappa shape index (κ2) is 8.83. The van der Waals surface area contributed by atoms with Gasteiger partial charge in [0.1, 0.15) is 0 Å². The van der Waals surface area contributed by atoms with Crippen LogP contribution in [0.5, 0.6) is 0 Å².